The number of nitrogens with one attached hydrogen (secondary N) is 2. The van der Waals surface area contributed by atoms with E-state index in [2.05, 4.69) is 29.6 Å². The zero-order valence-electron chi connectivity index (χ0n) is 14.3. The number of carbonyl (C=O) groups excluding carboxylic acids is 2. The van der Waals surface area contributed by atoms with Crippen LogP contribution in [0.15, 0.2) is 35.5 Å². The smallest absolute Gasteiger partial charge is 0.203 e. The second-order valence-corrected chi connectivity index (χ2v) is 6.17. The number of hydrogen-bond donors (Lipinski definition) is 2. The lowest BCUT2D eigenvalue weighted by Gasteiger charge is -2.22. The van der Waals surface area contributed by atoms with Crippen LogP contribution < -0.4 is 10.9 Å². The van der Waals surface area contributed by atoms with Gasteiger partial charge >= 0.3 is 0 Å². The van der Waals surface area contributed by atoms with E-state index in [1.54, 1.807) is 12.1 Å². The third-order valence-electron chi connectivity index (χ3n) is 4.61. The molecule has 0 saturated carbocycles. The molecule has 0 aromatic heterocycles. The van der Waals surface area contributed by atoms with E-state index in [4.69, 9.17) is 0 Å². The molecule has 2 rings (SSSR count). The van der Waals surface area contributed by atoms with Crippen LogP contribution in [-0.4, -0.2) is 36.1 Å². The van der Waals surface area contributed by atoms with E-state index in [0.717, 1.165) is 17.7 Å². The van der Waals surface area contributed by atoms with Crippen LogP contribution in [0.5, 0.6) is 0 Å². The highest BCUT2D eigenvalue weighted by atomic mass is 19.1. The van der Waals surface area contributed by atoms with Gasteiger partial charge in [-0.3, -0.25) is 14.5 Å². The van der Waals surface area contributed by atoms with Crippen LogP contribution in [-0.2, 0) is 9.59 Å². The van der Waals surface area contributed by atoms with Crippen LogP contribution in [0.3, 0.4) is 0 Å². The Labute approximate surface area is 141 Å². The minimum Gasteiger partial charge on any atom is -0.305 e. The molecule has 1 heterocycles. The summed E-state index contributed by atoms with van der Waals surface area (Å²) in [6, 6.07) is 6.32. The van der Waals surface area contributed by atoms with Crippen LogP contribution in [0.4, 0.5) is 10.1 Å². The summed E-state index contributed by atoms with van der Waals surface area (Å²) in [5, 5.41) is 0. The Morgan fingerprint density at radius 3 is 2.67 bits per heavy atom. The van der Waals surface area contributed by atoms with Crippen LogP contribution in [0.2, 0.25) is 0 Å². The number of Topliss-reactive ketones (excluding diaryl/α,β-unsaturated/α-hetero) is 1. The molecule has 24 heavy (non-hydrogen) atoms. The zero-order chi connectivity index (χ0) is 17.7. The maximum Gasteiger partial charge on any atom is 0.203 e. The molecule has 0 spiro atoms. The molecule has 0 radical (unpaired) electrons. The number of halogens is 1. The standard InChI is InChI=1S/C18H24FN3O2/c1-4-12(2)22-9-16(17(10-22)18(24)11-23)13(3)20-21-15-7-5-14(19)6-8-15/h5-8,11-12,17,20-21H,4,9-10H2,1-3H3. The van der Waals surface area contributed by atoms with Gasteiger partial charge in [-0.05, 0) is 50.1 Å². The molecule has 2 N–H and O–H groups in total. The highest BCUT2D eigenvalue weighted by Gasteiger charge is 2.35. The number of hydrazine groups is 1. The molecule has 5 nitrogen and oxygen atoms in total. The summed E-state index contributed by atoms with van der Waals surface area (Å²) in [6.07, 6.45) is 1.39. The average molecular weight is 333 g/mol. The molecule has 6 heteroatoms. The van der Waals surface area contributed by atoms with E-state index in [1.807, 2.05) is 6.92 Å². The quantitative estimate of drug-likeness (QED) is 0.456. The molecule has 130 valence electrons. The molecule has 1 aromatic rings. The summed E-state index contributed by atoms with van der Waals surface area (Å²) in [5.41, 5.74) is 8.49. The molecular weight excluding hydrogens is 309 g/mol. The van der Waals surface area contributed by atoms with Crippen molar-refractivity contribution in [2.45, 2.75) is 33.2 Å². The van der Waals surface area contributed by atoms with E-state index in [9.17, 15) is 14.0 Å². The van der Waals surface area contributed by atoms with E-state index in [0.29, 0.717) is 31.1 Å². The molecular formula is C18H24FN3O2. The van der Waals surface area contributed by atoms with Crippen molar-refractivity contribution in [3.63, 3.8) is 0 Å². The largest absolute Gasteiger partial charge is 0.305 e. The van der Waals surface area contributed by atoms with E-state index >= 15 is 0 Å². The van der Waals surface area contributed by atoms with Crippen molar-refractivity contribution in [1.82, 2.24) is 10.3 Å². The van der Waals surface area contributed by atoms with Gasteiger partial charge < -0.3 is 10.9 Å². The number of hydrogen-bond acceptors (Lipinski definition) is 5. The Morgan fingerprint density at radius 1 is 1.42 bits per heavy atom. The molecule has 2 atom stereocenters. The minimum atomic E-state index is -0.404. The first-order chi connectivity index (χ1) is 11.5. The Morgan fingerprint density at radius 2 is 2.08 bits per heavy atom. The van der Waals surface area contributed by atoms with Gasteiger partial charge in [0, 0.05) is 24.8 Å². The fourth-order valence-electron chi connectivity index (χ4n) is 2.84. The first-order valence-electron chi connectivity index (χ1n) is 8.16. The topological polar surface area (TPSA) is 61.4 Å². The van der Waals surface area contributed by atoms with E-state index < -0.39 is 11.7 Å². The lowest BCUT2D eigenvalue weighted by molar-refractivity contribution is -0.131. The van der Waals surface area contributed by atoms with Crippen LogP contribution in [0, 0.1) is 11.7 Å². The van der Waals surface area contributed by atoms with Crippen LogP contribution >= 0.6 is 0 Å². The number of nitrogens with zero attached hydrogens (tertiary/aromatic N) is 1. The zero-order valence-corrected chi connectivity index (χ0v) is 14.3. The number of aldehydes is 1. The third kappa shape index (κ3) is 4.20. The molecule has 0 bridgehead atoms. The second kappa shape index (κ2) is 8.06. The summed E-state index contributed by atoms with van der Waals surface area (Å²) in [5.74, 6) is -1.09. The summed E-state index contributed by atoms with van der Waals surface area (Å²) in [7, 11) is 0. The van der Waals surface area contributed by atoms with Crippen molar-refractivity contribution < 1.29 is 14.0 Å². The number of likely N-dealkylation sites (tertiary alicyclic amines) is 1. The maximum atomic E-state index is 12.9. The predicted molar refractivity (Wildman–Crippen MR) is 91.7 cm³/mol. The molecule has 1 aliphatic heterocycles. The molecule has 0 aliphatic carbocycles. The second-order valence-electron chi connectivity index (χ2n) is 6.17. The summed E-state index contributed by atoms with van der Waals surface area (Å²) in [4.78, 5) is 25.1. The lowest BCUT2D eigenvalue weighted by atomic mass is 9.97. The first-order valence-corrected chi connectivity index (χ1v) is 8.16. The van der Waals surface area contributed by atoms with Crippen molar-refractivity contribution in [2.24, 2.45) is 5.92 Å². The Kier molecular flexibility index (Phi) is 6.09. The molecule has 0 amide bonds. The number of allylic oxidation sites excluding steroid dienone is 1. The molecule has 1 aromatic carbocycles. The van der Waals surface area contributed by atoms with Gasteiger partial charge in [-0.2, -0.15) is 0 Å². The number of ketones is 1. The first kappa shape index (κ1) is 18.1. The average Bonchev–Trinajstić information content (AvgIpc) is 3.05. The van der Waals surface area contributed by atoms with Gasteiger partial charge in [-0.25, -0.2) is 4.39 Å². The normalized spacial score (nSPS) is 21.2. The van der Waals surface area contributed by atoms with Crippen molar-refractivity contribution in [1.29, 1.82) is 0 Å². The molecule has 1 saturated heterocycles. The molecule has 1 aliphatic rings. The highest BCUT2D eigenvalue weighted by molar-refractivity contribution is 6.27. The van der Waals surface area contributed by atoms with Crippen LogP contribution in [0.25, 0.3) is 0 Å². The monoisotopic (exact) mass is 333 g/mol. The maximum absolute atomic E-state index is 12.9. The number of benzene rings is 1. The Bertz CT molecular complexity index is 628. The van der Waals surface area contributed by atoms with Crippen LogP contribution in [0.1, 0.15) is 27.2 Å². The SMILES string of the molecule is CCC(C)N1CC(=C(C)NNc2ccc(F)cc2)C(C(=O)C=O)C1. The third-order valence-corrected chi connectivity index (χ3v) is 4.61. The fraction of sp³-hybridized carbons (Fsp3) is 0.444. The van der Waals surface area contributed by atoms with Crippen molar-refractivity contribution in [3.05, 3.63) is 41.4 Å². The van der Waals surface area contributed by atoms with Gasteiger partial charge in [0.05, 0.1) is 11.6 Å². The summed E-state index contributed by atoms with van der Waals surface area (Å²) >= 11 is 0. The minimum absolute atomic E-state index is 0.299. The van der Waals surface area contributed by atoms with Gasteiger partial charge in [0.1, 0.15) is 5.82 Å². The highest BCUT2D eigenvalue weighted by Crippen LogP contribution is 2.27. The van der Waals surface area contributed by atoms with Crippen molar-refractivity contribution >= 4 is 17.8 Å². The van der Waals surface area contributed by atoms with Gasteiger partial charge in [0.2, 0.25) is 5.78 Å². The van der Waals surface area contributed by atoms with Crippen molar-refractivity contribution in [2.75, 3.05) is 18.5 Å². The number of carbonyl (C=O) groups is 2. The number of rotatable bonds is 7. The summed E-state index contributed by atoms with van der Waals surface area (Å²) in [6.45, 7) is 7.31. The number of anilines is 1. The predicted octanol–water partition coefficient (Wildman–Crippen LogP) is 2.51. The molecule has 1 fully saturated rings. The van der Waals surface area contributed by atoms with E-state index in [1.165, 1.54) is 12.1 Å². The lowest BCUT2D eigenvalue weighted by Crippen LogP contribution is -2.31. The van der Waals surface area contributed by atoms with Crippen molar-refractivity contribution in [3.8, 4) is 0 Å². The Hall–Kier alpha value is -2.21. The molecule has 2 unspecified atom stereocenters. The van der Waals surface area contributed by atoms with Gasteiger partial charge in [-0.1, -0.05) is 6.92 Å². The van der Waals surface area contributed by atoms with Gasteiger partial charge in [-0.15, -0.1) is 0 Å². The summed E-state index contributed by atoms with van der Waals surface area (Å²) < 4.78 is 12.9. The Balaban J connectivity index is 2.13. The van der Waals surface area contributed by atoms with Gasteiger partial charge in [0.25, 0.3) is 0 Å². The van der Waals surface area contributed by atoms with E-state index in [-0.39, 0.29) is 5.82 Å². The van der Waals surface area contributed by atoms with Gasteiger partial charge in [0.15, 0.2) is 6.29 Å². The fourth-order valence-corrected chi connectivity index (χ4v) is 2.84.